The number of hydrogen-bond donors (Lipinski definition) is 1. The fourth-order valence-electron chi connectivity index (χ4n) is 1.24. The molecule has 17 heavy (non-hydrogen) atoms. The number of ether oxygens (including phenoxy) is 2. The lowest BCUT2D eigenvalue weighted by atomic mass is 10.2. The number of benzene rings is 1. The summed E-state index contributed by atoms with van der Waals surface area (Å²) in [7, 11) is 1.31. The van der Waals surface area contributed by atoms with Crippen LogP contribution in [0.3, 0.4) is 0 Å². The molecule has 1 aromatic rings. The molecule has 0 aliphatic heterocycles. The van der Waals surface area contributed by atoms with Crippen molar-refractivity contribution in [3.63, 3.8) is 0 Å². The van der Waals surface area contributed by atoms with Crippen molar-refractivity contribution in [1.82, 2.24) is 0 Å². The van der Waals surface area contributed by atoms with E-state index in [1.807, 2.05) is 6.07 Å². The van der Waals surface area contributed by atoms with Gasteiger partial charge in [-0.2, -0.15) is 5.26 Å². The first kappa shape index (κ1) is 12.8. The minimum absolute atomic E-state index is 0.386. The molecule has 1 rings (SSSR count). The predicted molar refractivity (Wildman–Crippen MR) is 62.5 cm³/mol. The maximum atomic E-state index is 11.3. The van der Waals surface area contributed by atoms with Gasteiger partial charge in [-0.3, -0.25) is 0 Å². The lowest BCUT2D eigenvalue weighted by molar-refractivity contribution is 0.0600. The molecule has 0 aliphatic carbocycles. The number of carbonyl (C=O) groups excluding carboxylic acids is 1. The summed E-state index contributed by atoms with van der Waals surface area (Å²) < 4.78 is 9.99. The Labute approximate surface area is 99.7 Å². The molecular weight excluding hydrogens is 220 g/mol. The standard InChI is InChI=1S/C12H14N2O3/c1-16-12(15)9-4-5-10(14)11(8-9)17-7-3-2-6-13/h4-5,8H,2-3,7,14H2,1H3. The Bertz CT molecular complexity index is 438. The van der Waals surface area contributed by atoms with Crippen LogP contribution in [0.2, 0.25) is 0 Å². The maximum Gasteiger partial charge on any atom is 0.337 e. The highest BCUT2D eigenvalue weighted by Gasteiger charge is 2.09. The van der Waals surface area contributed by atoms with Crippen LogP contribution in [0.5, 0.6) is 5.75 Å². The largest absolute Gasteiger partial charge is 0.491 e. The molecule has 5 nitrogen and oxygen atoms in total. The van der Waals surface area contributed by atoms with Gasteiger partial charge < -0.3 is 15.2 Å². The predicted octanol–water partition coefficient (Wildman–Crippen LogP) is 1.74. The summed E-state index contributed by atoms with van der Waals surface area (Å²) in [6.45, 7) is 0.391. The van der Waals surface area contributed by atoms with Gasteiger partial charge in [-0.05, 0) is 24.6 Å². The van der Waals surface area contributed by atoms with E-state index in [2.05, 4.69) is 4.74 Å². The van der Waals surface area contributed by atoms with Crippen LogP contribution in [-0.4, -0.2) is 19.7 Å². The number of unbranched alkanes of at least 4 members (excludes halogenated alkanes) is 1. The Hall–Kier alpha value is -2.22. The molecule has 2 N–H and O–H groups in total. The molecule has 0 spiro atoms. The van der Waals surface area contributed by atoms with Gasteiger partial charge in [0.25, 0.3) is 0 Å². The van der Waals surface area contributed by atoms with Gasteiger partial charge in [0.1, 0.15) is 5.75 Å². The molecule has 0 heterocycles. The number of esters is 1. The van der Waals surface area contributed by atoms with Crippen molar-refractivity contribution in [3.8, 4) is 11.8 Å². The zero-order valence-corrected chi connectivity index (χ0v) is 9.60. The summed E-state index contributed by atoms with van der Waals surface area (Å²) in [6, 6.07) is 6.72. The molecule has 0 bridgehead atoms. The van der Waals surface area contributed by atoms with Gasteiger partial charge in [-0.15, -0.1) is 0 Å². The molecular formula is C12H14N2O3. The highest BCUT2D eigenvalue weighted by atomic mass is 16.5. The van der Waals surface area contributed by atoms with Gasteiger partial charge in [0.05, 0.1) is 31.0 Å². The van der Waals surface area contributed by atoms with E-state index in [0.29, 0.717) is 36.4 Å². The van der Waals surface area contributed by atoms with Crippen LogP contribution in [0, 0.1) is 11.3 Å². The maximum absolute atomic E-state index is 11.3. The topological polar surface area (TPSA) is 85.3 Å². The third kappa shape index (κ3) is 3.68. The summed E-state index contributed by atoms with van der Waals surface area (Å²) >= 11 is 0. The van der Waals surface area contributed by atoms with E-state index >= 15 is 0 Å². The molecule has 0 aromatic heterocycles. The second-order valence-electron chi connectivity index (χ2n) is 3.35. The summed E-state index contributed by atoms with van der Waals surface area (Å²) in [5.74, 6) is -0.00212. The van der Waals surface area contributed by atoms with Crippen LogP contribution >= 0.6 is 0 Å². The Balaban J connectivity index is 2.70. The van der Waals surface area contributed by atoms with Gasteiger partial charge >= 0.3 is 5.97 Å². The van der Waals surface area contributed by atoms with Crippen molar-refractivity contribution in [3.05, 3.63) is 23.8 Å². The molecule has 5 heteroatoms. The van der Waals surface area contributed by atoms with E-state index in [0.717, 1.165) is 0 Å². The van der Waals surface area contributed by atoms with E-state index in [9.17, 15) is 4.79 Å². The van der Waals surface area contributed by atoms with Crippen molar-refractivity contribution in [2.45, 2.75) is 12.8 Å². The normalized spacial score (nSPS) is 9.41. The Morgan fingerprint density at radius 3 is 2.94 bits per heavy atom. The second kappa shape index (κ2) is 6.38. The Morgan fingerprint density at radius 2 is 2.29 bits per heavy atom. The highest BCUT2D eigenvalue weighted by molar-refractivity contribution is 5.90. The minimum atomic E-state index is -0.438. The Kier molecular flexibility index (Phi) is 4.82. The number of rotatable bonds is 5. The number of nitrogens with two attached hydrogens (primary N) is 1. The van der Waals surface area contributed by atoms with E-state index in [1.165, 1.54) is 13.2 Å². The summed E-state index contributed by atoms with van der Waals surface area (Å²) in [4.78, 5) is 11.3. The van der Waals surface area contributed by atoms with Crippen LogP contribution < -0.4 is 10.5 Å². The summed E-state index contributed by atoms with van der Waals surface area (Å²) in [5, 5.41) is 8.38. The third-order valence-electron chi connectivity index (χ3n) is 2.13. The van der Waals surface area contributed by atoms with Crippen molar-refractivity contribution in [2.75, 3.05) is 19.5 Å². The Morgan fingerprint density at radius 1 is 1.53 bits per heavy atom. The van der Waals surface area contributed by atoms with Crippen molar-refractivity contribution >= 4 is 11.7 Å². The van der Waals surface area contributed by atoms with E-state index in [1.54, 1.807) is 12.1 Å². The van der Waals surface area contributed by atoms with Crippen LogP contribution in [0.1, 0.15) is 23.2 Å². The zero-order chi connectivity index (χ0) is 12.7. The molecule has 0 atom stereocenters. The lowest BCUT2D eigenvalue weighted by Crippen LogP contribution is -2.05. The fraction of sp³-hybridized carbons (Fsp3) is 0.333. The van der Waals surface area contributed by atoms with Crippen molar-refractivity contribution in [1.29, 1.82) is 5.26 Å². The van der Waals surface area contributed by atoms with Crippen molar-refractivity contribution in [2.24, 2.45) is 0 Å². The number of methoxy groups -OCH3 is 1. The molecule has 0 saturated carbocycles. The van der Waals surface area contributed by atoms with Crippen LogP contribution in [0.4, 0.5) is 5.69 Å². The quantitative estimate of drug-likeness (QED) is 0.476. The van der Waals surface area contributed by atoms with Crippen LogP contribution in [-0.2, 0) is 4.74 Å². The molecule has 0 unspecified atom stereocenters. The first-order chi connectivity index (χ1) is 8.19. The average Bonchev–Trinajstić information content (AvgIpc) is 2.35. The van der Waals surface area contributed by atoms with Crippen LogP contribution in [0.15, 0.2) is 18.2 Å². The fourth-order valence-corrected chi connectivity index (χ4v) is 1.24. The second-order valence-corrected chi connectivity index (χ2v) is 3.35. The monoisotopic (exact) mass is 234 g/mol. The van der Waals surface area contributed by atoms with Gasteiger partial charge in [-0.25, -0.2) is 4.79 Å². The SMILES string of the molecule is COC(=O)c1ccc(N)c(OCCCC#N)c1. The number of anilines is 1. The molecule has 0 saturated heterocycles. The summed E-state index contributed by atoms with van der Waals surface area (Å²) in [6.07, 6.45) is 1.05. The molecule has 0 fully saturated rings. The van der Waals surface area contributed by atoms with E-state index in [4.69, 9.17) is 15.7 Å². The van der Waals surface area contributed by atoms with E-state index in [-0.39, 0.29) is 0 Å². The highest BCUT2D eigenvalue weighted by Crippen LogP contribution is 2.23. The molecule has 0 amide bonds. The van der Waals surface area contributed by atoms with Gasteiger partial charge in [0, 0.05) is 6.42 Å². The molecule has 0 aliphatic rings. The zero-order valence-electron chi connectivity index (χ0n) is 9.60. The lowest BCUT2D eigenvalue weighted by Gasteiger charge is -2.09. The average molecular weight is 234 g/mol. The molecule has 0 radical (unpaired) electrons. The number of hydrogen-bond acceptors (Lipinski definition) is 5. The van der Waals surface area contributed by atoms with Crippen LogP contribution in [0.25, 0.3) is 0 Å². The van der Waals surface area contributed by atoms with E-state index < -0.39 is 5.97 Å². The number of nitrogen functional groups attached to an aromatic ring is 1. The van der Waals surface area contributed by atoms with Crippen molar-refractivity contribution < 1.29 is 14.3 Å². The van der Waals surface area contributed by atoms with Gasteiger partial charge in [-0.1, -0.05) is 0 Å². The smallest absolute Gasteiger partial charge is 0.337 e. The summed E-state index contributed by atoms with van der Waals surface area (Å²) in [5.41, 5.74) is 6.54. The first-order valence-electron chi connectivity index (χ1n) is 5.16. The van der Waals surface area contributed by atoms with Gasteiger partial charge in [0.2, 0.25) is 0 Å². The first-order valence-corrected chi connectivity index (χ1v) is 5.16. The number of nitrogens with zero attached hydrogens (tertiary/aromatic N) is 1. The van der Waals surface area contributed by atoms with Gasteiger partial charge in [0.15, 0.2) is 0 Å². The minimum Gasteiger partial charge on any atom is -0.491 e. The molecule has 90 valence electrons. The third-order valence-corrected chi connectivity index (χ3v) is 2.13. The number of carbonyl (C=O) groups is 1. The number of nitriles is 1. The molecule has 1 aromatic carbocycles.